The lowest BCUT2D eigenvalue weighted by Gasteiger charge is -2.07. The molecule has 0 amide bonds. The van der Waals surface area contributed by atoms with Crippen LogP contribution in [-0.4, -0.2) is 13.1 Å². The fraction of sp³-hybridized carbons (Fsp3) is 0.133. The zero-order valence-electron chi connectivity index (χ0n) is 10.5. The van der Waals surface area contributed by atoms with Crippen molar-refractivity contribution in [2.24, 2.45) is 0 Å². The number of carbonyl (C=O) groups excluding carboxylic acids is 1. The van der Waals surface area contributed by atoms with Gasteiger partial charge in [-0.05, 0) is 29.8 Å². The molecule has 2 aromatic rings. The Morgan fingerprint density at radius 2 is 1.95 bits per heavy atom. The van der Waals surface area contributed by atoms with Gasteiger partial charge in [0.05, 0.1) is 12.7 Å². The third kappa shape index (κ3) is 3.31. The highest BCUT2D eigenvalue weighted by molar-refractivity contribution is 5.89. The van der Waals surface area contributed by atoms with Crippen LogP contribution in [0.3, 0.4) is 0 Å². The van der Waals surface area contributed by atoms with E-state index in [1.807, 2.05) is 30.3 Å². The SMILES string of the molecule is COC(=O)c1ccc(CNc2ccccc2)cc1F. The molecule has 0 spiro atoms. The molecule has 0 fully saturated rings. The zero-order valence-corrected chi connectivity index (χ0v) is 10.5. The van der Waals surface area contributed by atoms with E-state index in [4.69, 9.17) is 0 Å². The Labute approximate surface area is 111 Å². The molecule has 0 saturated carbocycles. The monoisotopic (exact) mass is 259 g/mol. The molecule has 2 aromatic carbocycles. The molecule has 0 heterocycles. The number of rotatable bonds is 4. The molecule has 0 saturated heterocycles. The number of methoxy groups -OCH3 is 1. The Hall–Kier alpha value is -2.36. The Balaban J connectivity index is 2.06. The number of esters is 1. The van der Waals surface area contributed by atoms with Crippen molar-refractivity contribution >= 4 is 11.7 Å². The summed E-state index contributed by atoms with van der Waals surface area (Å²) in [6.07, 6.45) is 0. The van der Waals surface area contributed by atoms with Crippen molar-refractivity contribution in [3.8, 4) is 0 Å². The smallest absolute Gasteiger partial charge is 0.340 e. The maximum Gasteiger partial charge on any atom is 0.340 e. The van der Waals surface area contributed by atoms with E-state index in [0.29, 0.717) is 6.54 Å². The van der Waals surface area contributed by atoms with Gasteiger partial charge in [-0.3, -0.25) is 0 Å². The summed E-state index contributed by atoms with van der Waals surface area (Å²) < 4.78 is 18.2. The number of ether oxygens (including phenoxy) is 1. The molecule has 0 unspecified atom stereocenters. The first-order valence-electron chi connectivity index (χ1n) is 5.86. The van der Waals surface area contributed by atoms with Crippen LogP contribution < -0.4 is 5.32 Å². The summed E-state index contributed by atoms with van der Waals surface area (Å²) in [6.45, 7) is 0.488. The molecule has 0 aliphatic rings. The number of benzene rings is 2. The molecule has 19 heavy (non-hydrogen) atoms. The summed E-state index contributed by atoms with van der Waals surface area (Å²) in [5.41, 5.74) is 1.67. The molecule has 0 bridgehead atoms. The van der Waals surface area contributed by atoms with E-state index in [1.165, 1.54) is 19.2 Å². The van der Waals surface area contributed by atoms with Crippen LogP contribution >= 0.6 is 0 Å². The van der Waals surface area contributed by atoms with E-state index in [2.05, 4.69) is 10.1 Å². The quantitative estimate of drug-likeness (QED) is 0.857. The second-order valence-electron chi connectivity index (χ2n) is 4.03. The van der Waals surface area contributed by atoms with Crippen LogP contribution in [-0.2, 0) is 11.3 Å². The van der Waals surface area contributed by atoms with E-state index >= 15 is 0 Å². The third-order valence-electron chi connectivity index (χ3n) is 2.71. The van der Waals surface area contributed by atoms with Crippen molar-refractivity contribution in [3.05, 3.63) is 65.5 Å². The van der Waals surface area contributed by atoms with Gasteiger partial charge in [0.25, 0.3) is 0 Å². The predicted molar refractivity (Wildman–Crippen MR) is 71.5 cm³/mol. The van der Waals surface area contributed by atoms with Crippen molar-refractivity contribution in [1.82, 2.24) is 0 Å². The second kappa shape index (κ2) is 6.00. The molecule has 4 heteroatoms. The molecule has 0 radical (unpaired) electrons. The van der Waals surface area contributed by atoms with Crippen molar-refractivity contribution in [1.29, 1.82) is 0 Å². The van der Waals surface area contributed by atoms with Gasteiger partial charge in [0.2, 0.25) is 0 Å². The number of halogens is 1. The van der Waals surface area contributed by atoms with Gasteiger partial charge in [0, 0.05) is 12.2 Å². The molecule has 0 aliphatic heterocycles. The molecule has 2 rings (SSSR count). The highest BCUT2D eigenvalue weighted by Crippen LogP contribution is 2.13. The van der Waals surface area contributed by atoms with Gasteiger partial charge >= 0.3 is 5.97 Å². The van der Waals surface area contributed by atoms with Crippen LogP contribution in [0.15, 0.2) is 48.5 Å². The van der Waals surface area contributed by atoms with Crippen molar-refractivity contribution < 1.29 is 13.9 Å². The number of carbonyl (C=O) groups is 1. The minimum Gasteiger partial charge on any atom is -0.465 e. The normalized spacial score (nSPS) is 10.0. The molecule has 0 aliphatic carbocycles. The number of nitrogens with one attached hydrogen (secondary N) is 1. The van der Waals surface area contributed by atoms with Crippen molar-refractivity contribution in [2.75, 3.05) is 12.4 Å². The van der Waals surface area contributed by atoms with Gasteiger partial charge in [-0.2, -0.15) is 0 Å². The Bertz CT molecular complexity index is 570. The largest absolute Gasteiger partial charge is 0.465 e. The number of hydrogen-bond donors (Lipinski definition) is 1. The molecular weight excluding hydrogens is 245 g/mol. The molecule has 3 nitrogen and oxygen atoms in total. The van der Waals surface area contributed by atoms with E-state index in [0.717, 1.165) is 11.3 Å². The maximum absolute atomic E-state index is 13.7. The molecule has 1 N–H and O–H groups in total. The van der Waals surface area contributed by atoms with Crippen LogP contribution in [0.1, 0.15) is 15.9 Å². The highest BCUT2D eigenvalue weighted by Gasteiger charge is 2.11. The van der Waals surface area contributed by atoms with Crippen LogP contribution in [0.5, 0.6) is 0 Å². The summed E-state index contributed by atoms with van der Waals surface area (Å²) in [4.78, 5) is 11.2. The molecule has 98 valence electrons. The van der Waals surface area contributed by atoms with Gasteiger partial charge in [-0.25, -0.2) is 9.18 Å². The third-order valence-corrected chi connectivity index (χ3v) is 2.71. The number of hydrogen-bond acceptors (Lipinski definition) is 3. The lowest BCUT2D eigenvalue weighted by Crippen LogP contribution is -2.06. The first-order chi connectivity index (χ1) is 9.20. The van der Waals surface area contributed by atoms with Gasteiger partial charge < -0.3 is 10.1 Å². The van der Waals surface area contributed by atoms with E-state index in [-0.39, 0.29) is 5.56 Å². The minimum atomic E-state index is -0.667. The van der Waals surface area contributed by atoms with Crippen molar-refractivity contribution in [2.45, 2.75) is 6.54 Å². The standard InChI is InChI=1S/C15H14FNO2/c1-19-15(18)13-8-7-11(9-14(13)16)10-17-12-5-3-2-4-6-12/h2-9,17H,10H2,1H3. The first kappa shape index (κ1) is 13.1. The van der Waals surface area contributed by atoms with Gasteiger partial charge in [-0.15, -0.1) is 0 Å². The van der Waals surface area contributed by atoms with Crippen LogP contribution in [0.2, 0.25) is 0 Å². The van der Waals surface area contributed by atoms with Gasteiger partial charge in [0.15, 0.2) is 0 Å². The minimum absolute atomic E-state index is 0.0500. The van der Waals surface area contributed by atoms with E-state index in [1.54, 1.807) is 6.07 Å². The first-order valence-corrected chi connectivity index (χ1v) is 5.86. The maximum atomic E-state index is 13.7. The van der Waals surface area contributed by atoms with E-state index in [9.17, 15) is 9.18 Å². The number of para-hydroxylation sites is 1. The highest BCUT2D eigenvalue weighted by atomic mass is 19.1. The molecular formula is C15H14FNO2. The summed E-state index contributed by atoms with van der Waals surface area (Å²) in [6, 6.07) is 14.1. The Kier molecular flexibility index (Phi) is 4.13. The van der Waals surface area contributed by atoms with Gasteiger partial charge in [0.1, 0.15) is 5.82 Å². The topological polar surface area (TPSA) is 38.3 Å². The van der Waals surface area contributed by atoms with Crippen molar-refractivity contribution in [3.63, 3.8) is 0 Å². The fourth-order valence-electron chi connectivity index (χ4n) is 1.70. The fourth-order valence-corrected chi connectivity index (χ4v) is 1.70. The predicted octanol–water partition coefficient (Wildman–Crippen LogP) is 3.22. The van der Waals surface area contributed by atoms with Crippen LogP contribution in [0.4, 0.5) is 10.1 Å². The lowest BCUT2D eigenvalue weighted by atomic mass is 10.1. The van der Waals surface area contributed by atoms with Gasteiger partial charge in [-0.1, -0.05) is 24.3 Å². The summed E-state index contributed by atoms with van der Waals surface area (Å²) in [5, 5.41) is 3.17. The zero-order chi connectivity index (χ0) is 13.7. The Morgan fingerprint density at radius 1 is 1.21 bits per heavy atom. The summed E-state index contributed by atoms with van der Waals surface area (Å²) in [5.74, 6) is -1.24. The van der Waals surface area contributed by atoms with Crippen LogP contribution in [0, 0.1) is 5.82 Å². The second-order valence-corrected chi connectivity index (χ2v) is 4.03. The molecule has 0 aromatic heterocycles. The Morgan fingerprint density at radius 3 is 2.58 bits per heavy atom. The van der Waals surface area contributed by atoms with Crippen LogP contribution in [0.25, 0.3) is 0 Å². The van der Waals surface area contributed by atoms with E-state index < -0.39 is 11.8 Å². The molecule has 0 atom stereocenters. The average Bonchev–Trinajstić information content (AvgIpc) is 2.45. The number of anilines is 1. The summed E-state index contributed by atoms with van der Waals surface area (Å²) >= 11 is 0. The average molecular weight is 259 g/mol. The summed E-state index contributed by atoms with van der Waals surface area (Å²) in [7, 11) is 1.23. The lowest BCUT2D eigenvalue weighted by molar-refractivity contribution is 0.0595.